The van der Waals surface area contributed by atoms with Crippen LogP contribution in [-0.2, 0) is 24.0 Å². The number of fused-ring (bicyclic) bond motifs is 1. The number of carbonyl (C=O) groups is 2. The SMILES string of the molecule is CC(C)NC(=O)c1cc(-c2ccc3c(c2)CCN(c2ccc(O)c(N[S+](C)[O-])c2)C3=O)cc(C(F)(F)F)c1. The molecule has 0 spiro atoms. The van der Waals surface area contributed by atoms with Gasteiger partial charge in [-0.1, -0.05) is 12.1 Å². The second kappa shape index (κ2) is 10.6. The Labute approximate surface area is 221 Å². The van der Waals surface area contributed by atoms with Crippen LogP contribution in [0.1, 0.15) is 45.7 Å². The second-order valence-corrected chi connectivity index (χ2v) is 10.4. The van der Waals surface area contributed by atoms with Gasteiger partial charge in [0, 0.05) is 29.4 Å². The van der Waals surface area contributed by atoms with Crippen molar-refractivity contribution >= 4 is 34.6 Å². The zero-order valence-corrected chi connectivity index (χ0v) is 21.7. The molecule has 0 bridgehead atoms. The fourth-order valence-corrected chi connectivity index (χ4v) is 4.75. The number of phenolic OH excluding ortho intramolecular Hbond substituents is 1. The van der Waals surface area contributed by atoms with Gasteiger partial charge in [-0.2, -0.15) is 13.2 Å². The highest BCUT2D eigenvalue weighted by molar-refractivity contribution is 7.92. The van der Waals surface area contributed by atoms with Gasteiger partial charge < -0.3 is 19.9 Å². The lowest BCUT2D eigenvalue weighted by atomic mass is 9.92. The molecule has 200 valence electrons. The van der Waals surface area contributed by atoms with Crippen molar-refractivity contribution in [2.45, 2.75) is 32.5 Å². The van der Waals surface area contributed by atoms with E-state index < -0.39 is 29.0 Å². The summed E-state index contributed by atoms with van der Waals surface area (Å²) in [5, 5.41) is 12.6. The molecule has 7 nitrogen and oxygen atoms in total. The molecule has 0 aliphatic carbocycles. The van der Waals surface area contributed by atoms with Gasteiger partial charge in [-0.25, -0.2) is 4.72 Å². The van der Waals surface area contributed by atoms with Crippen molar-refractivity contribution in [1.29, 1.82) is 0 Å². The van der Waals surface area contributed by atoms with E-state index in [0.717, 1.165) is 12.1 Å². The lowest BCUT2D eigenvalue weighted by Crippen LogP contribution is -2.37. The summed E-state index contributed by atoms with van der Waals surface area (Å²) in [5.41, 5.74) is 1.41. The molecule has 1 unspecified atom stereocenters. The van der Waals surface area contributed by atoms with Crippen LogP contribution < -0.4 is 14.9 Å². The molecule has 3 aromatic carbocycles. The van der Waals surface area contributed by atoms with E-state index in [1.54, 1.807) is 38.1 Å². The van der Waals surface area contributed by atoms with Crippen LogP contribution in [0.2, 0.25) is 0 Å². The van der Waals surface area contributed by atoms with Gasteiger partial charge in [0.05, 0.1) is 16.9 Å². The molecule has 1 aliphatic heterocycles. The minimum atomic E-state index is -4.64. The maximum Gasteiger partial charge on any atom is 0.416 e. The highest BCUT2D eigenvalue weighted by Crippen LogP contribution is 2.36. The maximum atomic E-state index is 13.6. The predicted octanol–water partition coefficient (Wildman–Crippen LogP) is 5.12. The number of rotatable bonds is 6. The number of phenols is 1. The molecule has 2 amide bonds. The van der Waals surface area contributed by atoms with E-state index >= 15 is 0 Å². The maximum absolute atomic E-state index is 13.6. The number of benzene rings is 3. The number of nitrogens with one attached hydrogen (secondary N) is 2. The summed E-state index contributed by atoms with van der Waals surface area (Å²) in [7, 11) is 0. The first-order chi connectivity index (χ1) is 17.8. The summed E-state index contributed by atoms with van der Waals surface area (Å²) in [5.74, 6) is -1.03. The van der Waals surface area contributed by atoms with Crippen molar-refractivity contribution in [3.05, 3.63) is 76.9 Å². The monoisotopic (exact) mass is 545 g/mol. The van der Waals surface area contributed by atoms with E-state index in [-0.39, 0.29) is 34.5 Å². The first-order valence-electron chi connectivity index (χ1n) is 11.7. The highest BCUT2D eigenvalue weighted by Gasteiger charge is 2.32. The summed E-state index contributed by atoms with van der Waals surface area (Å²) in [6.45, 7) is 3.73. The minimum absolute atomic E-state index is 0.103. The van der Waals surface area contributed by atoms with Gasteiger partial charge in [-0.15, -0.1) is 0 Å². The Kier molecular flexibility index (Phi) is 7.61. The average Bonchev–Trinajstić information content (AvgIpc) is 2.84. The lowest BCUT2D eigenvalue weighted by Gasteiger charge is -2.29. The van der Waals surface area contributed by atoms with Gasteiger partial charge in [0.15, 0.2) is 0 Å². The molecule has 0 aromatic heterocycles. The third-order valence-corrected chi connectivity index (χ3v) is 6.51. The third kappa shape index (κ3) is 5.89. The smallest absolute Gasteiger partial charge is 0.416 e. The molecule has 1 aliphatic rings. The van der Waals surface area contributed by atoms with E-state index in [1.165, 1.54) is 29.4 Å². The molecule has 4 rings (SSSR count). The quantitative estimate of drug-likeness (QED) is 0.295. The summed E-state index contributed by atoms with van der Waals surface area (Å²) in [6, 6.07) is 12.3. The van der Waals surface area contributed by atoms with Crippen LogP contribution in [0.15, 0.2) is 54.6 Å². The number of halogens is 3. The molecule has 1 heterocycles. The summed E-state index contributed by atoms with van der Waals surface area (Å²) < 4.78 is 55.0. The molecule has 0 fully saturated rings. The molecule has 3 aromatic rings. The topological polar surface area (TPSA) is 105 Å². The number of hydrogen-bond donors (Lipinski definition) is 3. The third-order valence-electron chi connectivity index (χ3n) is 6.01. The van der Waals surface area contributed by atoms with Crippen molar-refractivity contribution in [3.63, 3.8) is 0 Å². The summed E-state index contributed by atoms with van der Waals surface area (Å²) >= 11 is -1.43. The first-order valence-corrected chi connectivity index (χ1v) is 13.3. The second-order valence-electron chi connectivity index (χ2n) is 9.26. The molecule has 1 atom stereocenters. The number of carbonyl (C=O) groups excluding carboxylic acids is 2. The number of anilines is 2. The fourth-order valence-electron chi connectivity index (χ4n) is 4.28. The summed E-state index contributed by atoms with van der Waals surface area (Å²) in [6.07, 6.45) is -2.80. The van der Waals surface area contributed by atoms with Crippen molar-refractivity contribution in [2.75, 3.05) is 22.4 Å². The Balaban J connectivity index is 1.68. The number of aromatic hydroxyl groups is 1. The Morgan fingerprint density at radius 1 is 1.08 bits per heavy atom. The summed E-state index contributed by atoms with van der Waals surface area (Å²) in [4.78, 5) is 27.3. The van der Waals surface area contributed by atoms with E-state index in [2.05, 4.69) is 10.0 Å². The van der Waals surface area contributed by atoms with Crippen LogP contribution in [0, 0.1) is 0 Å². The van der Waals surface area contributed by atoms with Gasteiger partial charge >= 0.3 is 6.18 Å². The zero-order chi connectivity index (χ0) is 27.8. The van der Waals surface area contributed by atoms with Crippen molar-refractivity contribution in [1.82, 2.24) is 5.32 Å². The number of nitrogens with zero attached hydrogens (tertiary/aromatic N) is 1. The number of hydrogen-bond acceptors (Lipinski definition) is 5. The Hall–Kier alpha value is -3.70. The lowest BCUT2D eigenvalue weighted by molar-refractivity contribution is -0.137. The largest absolute Gasteiger partial charge is 0.593 e. The van der Waals surface area contributed by atoms with Crippen LogP contribution in [0.5, 0.6) is 5.75 Å². The molecular formula is C27H26F3N3O4S. The van der Waals surface area contributed by atoms with Gasteiger partial charge in [-0.05, 0) is 79.4 Å². The van der Waals surface area contributed by atoms with Crippen LogP contribution in [0.4, 0.5) is 24.5 Å². The molecule has 0 saturated heterocycles. The van der Waals surface area contributed by atoms with E-state index in [4.69, 9.17) is 0 Å². The van der Waals surface area contributed by atoms with E-state index in [1.807, 2.05) is 0 Å². The highest BCUT2D eigenvalue weighted by atomic mass is 32.2. The fraction of sp³-hybridized carbons (Fsp3) is 0.259. The Morgan fingerprint density at radius 3 is 2.47 bits per heavy atom. The van der Waals surface area contributed by atoms with E-state index in [9.17, 15) is 32.4 Å². The standard InChI is InChI=1S/C27H26F3N3O4S/c1-15(2)31-25(35)19-11-18(12-20(13-19)27(28,29)30)16-4-6-22-17(10-16)8-9-33(26(22)36)21-5-7-24(34)23(14-21)32-38(3)37/h4-7,10-15,32,34H,8-9H2,1-3H3,(H,31,35). The molecule has 0 radical (unpaired) electrons. The first kappa shape index (κ1) is 27.3. The minimum Gasteiger partial charge on any atom is -0.593 e. The Bertz CT molecular complexity index is 1390. The van der Waals surface area contributed by atoms with Gasteiger partial charge in [-0.3, -0.25) is 9.59 Å². The van der Waals surface area contributed by atoms with Gasteiger partial charge in [0.25, 0.3) is 11.8 Å². The number of amides is 2. The zero-order valence-electron chi connectivity index (χ0n) is 20.8. The van der Waals surface area contributed by atoms with Gasteiger partial charge in [0.2, 0.25) is 0 Å². The molecular weight excluding hydrogens is 519 g/mol. The van der Waals surface area contributed by atoms with E-state index in [0.29, 0.717) is 35.3 Å². The molecule has 38 heavy (non-hydrogen) atoms. The van der Waals surface area contributed by atoms with Crippen molar-refractivity contribution in [3.8, 4) is 16.9 Å². The molecule has 0 saturated carbocycles. The molecule has 11 heteroatoms. The van der Waals surface area contributed by atoms with Crippen LogP contribution in [-0.4, -0.2) is 40.3 Å². The van der Waals surface area contributed by atoms with Crippen molar-refractivity contribution < 1.29 is 32.4 Å². The van der Waals surface area contributed by atoms with Crippen LogP contribution in [0.3, 0.4) is 0 Å². The Morgan fingerprint density at radius 2 is 1.82 bits per heavy atom. The van der Waals surface area contributed by atoms with Crippen molar-refractivity contribution in [2.24, 2.45) is 0 Å². The number of alkyl halides is 3. The van der Waals surface area contributed by atoms with Crippen LogP contribution >= 0.6 is 0 Å². The average molecular weight is 546 g/mol. The predicted molar refractivity (Wildman–Crippen MR) is 141 cm³/mol. The normalized spacial score (nSPS) is 14.3. The van der Waals surface area contributed by atoms with Crippen LogP contribution in [0.25, 0.3) is 11.1 Å². The van der Waals surface area contributed by atoms with Gasteiger partial charge in [0.1, 0.15) is 17.7 Å². The molecule has 3 N–H and O–H groups in total.